The van der Waals surface area contributed by atoms with Crippen LogP contribution in [0.15, 0.2) is 49.0 Å². The molecule has 2 aromatic rings. The fourth-order valence-electron chi connectivity index (χ4n) is 3.77. The molecule has 5 rings (SSSR count). The molecule has 3 aliphatic rings. The van der Waals surface area contributed by atoms with Crippen LogP contribution in [0.2, 0.25) is 5.02 Å². The summed E-state index contributed by atoms with van der Waals surface area (Å²) in [5.41, 5.74) is 3.54. The molecule has 3 N–H and O–H groups in total. The monoisotopic (exact) mass is 396 g/mol. The molecule has 0 bridgehead atoms. The first-order chi connectivity index (χ1) is 13.8. The predicted octanol–water partition coefficient (Wildman–Crippen LogP) is 2.81. The van der Waals surface area contributed by atoms with Gasteiger partial charge in [0.15, 0.2) is 0 Å². The Morgan fingerprint density at radius 3 is 2.89 bits per heavy atom. The number of rotatable bonds is 4. The number of hydrogen-bond acceptors (Lipinski definition) is 7. The van der Waals surface area contributed by atoms with Crippen molar-refractivity contribution in [2.24, 2.45) is 0 Å². The average molecular weight is 397 g/mol. The molecule has 7 nitrogen and oxygen atoms in total. The lowest BCUT2D eigenvalue weighted by Crippen LogP contribution is -2.35. The molecule has 1 fully saturated rings. The lowest BCUT2D eigenvalue weighted by molar-refractivity contribution is 0.0848. The quantitative estimate of drug-likeness (QED) is 0.733. The molecule has 1 aromatic heterocycles. The van der Waals surface area contributed by atoms with E-state index in [1.54, 1.807) is 12.5 Å². The minimum atomic E-state index is -0.294. The van der Waals surface area contributed by atoms with Crippen LogP contribution in [0.5, 0.6) is 0 Å². The summed E-state index contributed by atoms with van der Waals surface area (Å²) in [4.78, 5) is 11.2. The Labute approximate surface area is 168 Å². The Bertz CT molecular complexity index is 940. The molecule has 1 atom stereocenters. The van der Waals surface area contributed by atoms with Gasteiger partial charge < -0.3 is 20.7 Å². The number of piperidine rings is 1. The van der Waals surface area contributed by atoms with E-state index in [1.807, 2.05) is 41.4 Å². The molecule has 28 heavy (non-hydrogen) atoms. The first-order valence-corrected chi connectivity index (χ1v) is 9.84. The number of halogens is 1. The van der Waals surface area contributed by atoms with Crippen LogP contribution in [0.25, 0.3) is 11.4 Å². The van der Waals surface area contributed by atoms with Crippen molar-refractivity contribution in [3.63, 3.8) is 0 Å². The van der Waals surface area contributed by atoms with Crippen LogP contribution in [0.4, 0.5) is 5.95 Å². The zero-order valence-electron chi connectivity index (χ0n) is 15.2. The standard InChI is InChI=1S/C20H21ClN6O/c21-15-4-2-1-3-14(15)17-18(27-11-12-28-20(27)26-17)16-7-10-23-19(25-16)24-13-5-8-22-9-6-13/h1-4,7,10-13,20,22,26H,5-6,8-9H2,(H,23,24,25). The summed E-state index contributed by atoms with van der Waals surface area (Å²) < 4.78 is 5.66. The Morgan fingerprint density at radius 1 is 1.18 bits per heavy atom. The Morgan fingerprint density at radius 2 is 2.04 bits per heavy atom. The summed E-state index contributed by atoms with van der Waals surface area (Å²) >= 11 is 6.47. The first kappa shape index (κ1) is 17.3. The fourth-order valence-corrected chi connectivity index (χ4v) is 4.00. The molecular formula is C20H21ClN6O. The van der Waals surface area contributed by atoms with E-state index in [0.29, 0.717) is 17.0 Å². The van der Waals surface area contributed by atoms with Gasteiger partial charge >= 0.3 is 0 Å². The first-order valence-electron chi connectivity index (χ1n) is 9.46. The van der Waals surface area contributed by atoms with Gasteiger partial charge in [0.05, 0.1) is 17.1 Å². The van der Waals surface area contributed by atoms with E-state index in [1.165, 1.54) is 0 Å². The van der Waals surface area contributed by atoms with Gasteiger partial charge in [0.25, 0.3) is 6.35 Å². The zero-order valence-corrected chi connectivity index (χ0v) is 16.0. The SMILES string of the molecule is Clc1ccccc1C1=C(c2ccnc(NC3CCNCC3)n2)N2C=COC2N1. The Kier molecular flexibility index (Phi) is 4.54. The van der Waals surface area contributed by atoms with Gasteiger partial charge in [-0.1, -0.05) is 29.8 Å². The van der Waals surface area contributed by atoms with Crippen LogP contribution in [0.3, 0.4) is 0 Å². The third-order valence-electron chi connectivity index (χ3n) is 5.16. The summed E-state index contributed by atoms with van der Waals surface area (Å²) in [5, 5.41) is 10.9. The number of aromatic nitrogens is 2. The highest BCUT2D eigenvalue weighted by Crippen LogP contribution is 2.38. The number of nitrogens with zero attached hydrogens (tertiary/aromatic N) is 3. The van der Waals surface area contributed by atoms with Gasteiger partial charge in [0.1, 0.15) is 6.26 Å². The number of benzene rings is 1. The van der Waals surface area contributed by atoms with Crippen molar-refractivity contribution in [3.05, 3.63) is 65.3 Å². The molecule has 1 unspecified atom stereocenters. The molecule has 0 amide bonds. The van der Waals surface area contributed by atoms with Crippen molar-refractivity contribution in [3.8, 4) is 0 Å². The van der Waals surface area contributed by atoms with E-state index in [0.717, 1.165) is 48.6 Å². The number of fused-ring (bicyclic) bond motifs is 1. The lowest BCUT2D eigenvalue weighted by atomic mass is 10.1. The normalized spacial score (nSPS) is 21.5. The van der Waals surface area contributed by atoms with E-state index >= 15 is 0 Å². The molecule has 0 saturated carbocycles. The number of anilines is 1. The van der Waals surface area contributed by atoms with Crippen molar-refractivity contribution in [1.29, 1.82) is 0 Å². The van der Waals surface area contributed by atoms with E-state index in [-0.39, 0.29) is 6.35 Å². The van der Waals surface area contributed by atoms with Crippen LogP contribution in [-0.4, -0.2) is 40.4 Å². The van der Waals surface area contributed by atoms with Crippen molar-refractivity contribution < 1.29 is 4.74 Å². The molecule has 0 radical (unpaired) electrons. The van der Waals surface area contributed by atoms with Crippen LogP contribution in [0, 0.1) is 0 Å². The molecule has 144 valence electrons. The van der Waals surface area contributed by atoms with Gasteiger partial charge in [-0.05, 0) is 38.1 Å². The predicted molar refractivity (Wildman–Crippen MR) is 109 cm³/mol. The second-order valence-corrected chi connectivity index (χ2v) is 7.37. The topological polar surface area (TPSA) is 74.3 Å². The molecular weight excluding hydrogens is 376 g/mol. The largest absolute Gasteiger partial charge is 0.458 e. The van der Waals surface area contributed by atoms with E-state index < -0.39 is 0 Å². The molecule has 0 aliphatic carbocycles. The molecule has 1 aromatic carbocycles. The highest BCUT2D eigenvalue weighted by molar-refractivity contribution is 6.32. The van der Waals surface area contributed by atoms with Crippen LogP contribution >= 0.6 is 11.6 Å². The van der Waals surface area contributed by atoms with Crippen molar-refractivity contribution in [1.82, 2.24) is 25.5 Å². The average Bonchev–Trinajstić information content (AvgIpc) is 3.30. The molecule has 1 saturated heterocycles. The van der Waals surface area contributed by atoms with Crippen molar-refractivity contribution in [2.45, 2.75) is 25.2 Å². The summed E-state index contributed by atoms with van der Waals surface area (Å²) in [7, 11) is 0. The number of nitrogens with one attached hydrogen (secondary N) is 3. The highest BCUT2D eigenvalue weighted by Gasteiger charge is 2.36. The molecule has 8 heteroatoms. The van der Waals surface area contributed by atoms with Crippen molar-refractivity contribution in [2.75, 3.05) is 18.4 Å². The van der Waals surface area contributed by atoms with Gasteiger partial charge in [-0.25, -0.2) is 9.97 Å². The maximum atomic E-state index is 6.47. The van der Waals surface area contributed by atoms with E-state index in [2.05, 4.69) is 20.9 Å². The summed E-state index contributed by atoms with van der Waals surface area (Å²) in [6.07, 6.45) is 7.20. The van der Waals surface area contributed by atoms with Gasteiger partial charge in [-0.2, -0.15) is 0 Å². The number of ether oxygens (including phenoxy) is 1. The third kappa shape index (κ3) is 3.16. The van der Waals surface area contributed by atoms with Gasteiger partial charge in [-0.15, -0.1) is 0 Å². The minimum Gasteiger partial charge on any atom is -0.458 e. The minimum absolute atomic E-state index is 0.294. The van der Waals surface area contributed by atoms with Gasteiger partial charge in [0.2, 0.25) is 5.95 Å². The van der Waals surface area contributed by atoms with Gasteiger partial charge in [-0.3, -0.25) is 4.90 Å². The van der Waals surface area contributed by atoms with Gasteiger partial charge in [0, 0.05) is 29.0 Å². The Balaban J connectivity index is 1.53. The van der Waals surface area contributed by atoms with E-state index in [4.69, 9.17) is 21.3 Å². The zero-order chi connectivity index (χ0) is 18.9. The second kappa shape index (κ2) is 7.33. The summed E-state index contributed by atoms with van der Waals surface area (Å²) in [6, 6.07) is 10.1. The Hall–Kier alpha value is -2.77. The molecule has 0 spiro atoms. The maximum absolute atomic E-state index is 6.47. The lowest BCUT2D eigenvalue weighted by Gasteiger charge is -2.24. The maximum Gasteiger partial charge on any atom is 0.254 e. The summed E-state index contributed by atoms with van der Waals surface area (Å²) in [5.74, 6) is 0.642. The highest BCUT2D eigenvalue weighted by atomic mass is 35.5. The van der Waals surface area contributed by atoms with Crippen LogP contribution in [-0.2, 0) is 4.74 Å². The fraction of sp³-hybridized carbons (Fsp3) is 0.300. The molecule has 4 heterocycles. The van der Waals surface area contributed by atoms with Crippen LogP contribution in [0.1, 0.15) is 24.1 Å². The van der Waals surface area contributed by atoms with Crippen molar-refractivity contribution >= 4 is 28.9 Å². The third-order valence-corrected chi connectivity index (χ3v) is 5.49. The number of hydrogen-bond donors (Lipinski definition) is 3. The molecule has 3 aliphatic heterocycles. The van der Waals surface area contributed by atoms with Crippen LogP contribution < -0.4 is 16.0 Å². The second-order valence-electron chi connectivity index (χ2n) is 6.96. The smallest absolute Gasteiger partial charge is 0.254 e. The van der Waals surface area contributed by atoms with E-state index in [9.17, 15) is 0 Å². The summed E-state index contributed by atoms with van der Waals surface area (Å²) in [6.45, 7) is 2.03.